The van der Waals surface area contributed by atoms with E-state index >= 15 is 0 Å². The van der Waals surface area contributed by atoms with Gasteiger partial charge in [-0.15, -0.1) is 0 Å². The Morgan fingerprint density at radius 2 is 1.31 bits per heavy atom. The van der Waals surface area contributed by atoms with E-state index in [1.54, 1.807) is 13.6 Å². The molecule has 3 unspecified atom stereocenters. The predicted octanol–water partition coefficient (Wildman–Crippen LogP) is 4.63. The van der Waals surface area contributed by atoms with Crippen LogP contribution in [0.5, 0.6) is 0 Å². The molecule has 172 valence electrons. The zero-order valence-electron chi connectivity index (χ0n) is 18.4. The first-order valence-corrected chi connectivity index (χ1v) is 15.6. The molecule has 0 amide bonds. The lowest BCUT2D eigenvalue weighted by Crippen LogP contribution is -2.12. The van der Waals surface area contributed by atoms with Crippen molar-refractivity contribution < 1.29 is 27.3 Å². The van der Waals surface area contributed by atoms with Crippen LogP contribution in [-0.4, -0.2) is 39.8 Å². The molecule has 12 heteroatoms. The average molecular weight is 473 g/mol. The van der Waals surface area contributed by atoms with Crippen molar-refractivity contribution in [2.45, 2.75) is 33.8 Å². The molecule has 1 aromatic rings. The first-order valence-electron chi connectivity index (χ1n) is 9.28. The number of hydrogen-bond acceptors (Lipinski definition) is 6. The van der Waals surface area contributed by atoms with E-state index in [0.29, 0.717) is 19.8 Å². The fraction of sp³-hybridized carbons (Fsp3) is 0.647. The fourth-order valence-corrected chi connectivity index (χ4v) is 3.77. The largest absolute Gasteiger partial charge is 0.318 e. The second-order valence-electron chi connectivity index (χ2n) is 6.17. The van der Waals surface area contributed by atoms with E-state index in [2.05, 4.69) is 9.61 Å². The van der Waals surface area contributed by atoms with Gasteiger partial charge in [-0.25, -0.2) is 5.09 Å². The second kappa shape index (κ2) is 16.4. The number of rotatable bonds is 10. The van der Waals surface area contributed by atoms with Crippen LogP contribution in [0.3, 0.4) is 0 Å². The van der Waals surface area contributed by atoms with Gasteiger partial charge in [0.2, 0.25) is 0 Å². The summed E-state index contributed by atoms with van der Waals surface area (Å²) in [6.45, 7) is 12.0. The highest BCUT2D eigenvalue weighted by molar-refractivity contribution is 7.56. The molecule has 0 bridgehead atoms. The summed E-state index contributed by atoms with van der Waals surface area (Å²) in [5.41, 5.74) is 11.2. The van der Waals surface area contributed by atoms with Gasteiger partial charge in [0.1, 0.15) is 0 Å². The van der Waals surface area contributed by atoms with Crippen LogP contribution in [0.25, 0.3) is 0 Å². The molecule has 0 saturated heterocycles. The minimum absolute atomic E-state index is 0.311. The molecule has 0 aromatic heterocycles. The third kappa shape index (κ3) is 25.6. The molecular weight excluding hydrogens is 435 g/mol. The highest BCUT2D eigenvalue weighted by atomic mass is 31.2. The lowest BCUT2D eigenvalue weighted by Gasteiger charge is -2.12. The summed E-state index contributed by atoms with van der Waals surface area (Å²) < 4.78 is 47.0. The zero-order chi connectivity index (χ0) is 23.0. The van der Waals surface area contributed by atoms with Crippen molar-refractivity contribution in [1.29, 1.82) is 0 Å². The fourth-order valence-electron chi connectivity index (χ4n) is 1.64. The minimum Gasteiger partial charge on any atom is -0.318 e. The van der Waals surface area contributed by atoms with Crippen molar-refractivity contribution in [3.05, 3.63) is 35.9 Å². The van der Waals surface area contributed by atoms with Gasteiger partial charge in [0, 0.05) is 26.5 Å². The van der Waals surface area contributed by atoms with Crippen molar-refractivity contribution in [2.75, 3.05) is 39.8 Å². The quantitative estimate of drug-likeness (QED) is 0.414. The Bertz CT molecular complexity index is 664. The Hall–Kier alpha value is -0.330. The van der Waals surface area contributed by atoms with E-state index in [4.69, 9.17) is 20.1 Å². The predicted molar refractivity (Wildman–Crippen MR) is 122 cm³/mol. The van der Waals surface area contributed by atoms with E-state index in [9.17, 15) is 13.7 Å². The summed E-state index contributed by atoms with van der Waals surface area (Å²) in [6, 6.07) is 9.51. The molecule has 29 heavy (non-hydrogen) atoms. The van der Waals surface area contributed by atoms with Crippen molar-refractivity contribution in [2.24, 2.45) is 11.0 Å². The highest BCUT2D eigenvalue weighted by Gasteiger charge is 2.11. The van der Waals surface area contributed by atoms with E-state index in [0.717, 1.165) is 18.5 Å². The molecule has 0 aliphatic rings. The van der Waals surface area contributed by atoms with Crippen LogP contribution in [0.1, 0.15) is 32.8 Å². The number of benzene rings is 1. The van der Waals surface area contributed by atoms with Crippen molar-refractivity contribution in [3.8, 4) is 0 Å². The third-order valence-corrected chi connectivity index (χ3v) is 5.70. The highest BCUT2D eigenvalue weighted by Crippen LogP contribution is 2.36. The summed E-state index contributed by atoms with van der Waals surface area (Å²) in [4.78, 5) is 0. The maximum Gasteiger partial charge on any atom is 0.266 e. The summed E-state index contributed by atoms with van der Waals surface area (Å²) >= 11 is 0. The normalized spacial score (nSPS) is 16.7. The monoisotopic (exact) mass is 473 g/mol. The van der Waals surface area contributed by atoms with Gasteiger partial charge in [0.25, 0.3) is 22.6 Å². The summed E-state index contributed by atoms with van der Waals surface area (Å²) in [5, 5.41) is 2.84. The van der Waals surface area contributed by atoms with Crippen molar-refractivity contribution >= 4 is 22.6 Å². The van der Waals surface area contributed by atoms with Crippen molar-refractivity contribution in [1.82, 2.24) is 5.09 Å². The van der Waals surface area contributed by atoms with Crippen LogP contribution in [-0.2, 0) is 33.9 Å². The molecular formula is C17H38N3O6P3. The average Bonchev–Trinajstić information content (AvgIpc) is 2.59. The molecule has 1 rings (SSSR count). The molecule has 0 fully saturated rings. The van der Waals surface area contributed by atoms with Gasteiger partial charge in [-0.2, -0.15) is 0 Å². The third-order valence-electron chi connectivity index (χ3n) is 2.74. The lowest BCUT2D eigenvalue weighted by atomic mass is 10.2. The molecule has 0 saturated carbocycles. The number of nitrogens with one attached hydrogen (secondary N) is 1. The Balaban J connectivity index is 0. The standard InChI is InChI=1S/C8H12NO2P.C6H16NO2P.C3H10NO2P/c1-12(9,10)11-7-8-5-3-2-4-6-8;1-4-6-7-10(3,8)9-5-2;1-3-6-7(2,4)5/h2-6H,7H2,1H3,(H2,9,10);4-6H2,1-3H3,(H,7,8);3H2,1-2H3,(H2,4,5). The van der Waals surface area contributed by atoms with Crippen LogP contribution in [0.2, 0.25) is 0 Å². The van der Waals surface area contributed by atoms with Gasteiger partial charge >= 0.3 is 0 Å². The number of nitrogens with two attached hydrogens (primary N) is 2. The Morgan fingerprint density at radius 3 is 1.66 bits per heavy atom. The minimum atomic E-state index is -2.83. The van der Waals surface area contributed by atoms with Crippen LogP contribution >= 0.6 is 22.6 Å². The van der Waals surface area contributed by atoms with Gasteiger partial charge in [-0.3, -0.25) is 24.7 Å². The Kier molecular flexibility index (Phi) is 17.4. The Labute approximate surface area is 175 Å². The van der Waals surface area contributed by atoms with Gasteiger partial charge < -0.3 is 13.6 Å². The first-order chi connectivity index (χ1) is 13.3. The molecule has 3 atom stereocenters. The van der Waals surface area contributed by atoms with Crippen LogP contribution in [0.4, 0.5) is 0 Å². The van der Waals surface area contributed by atoms with Gasteiger partial charge in [0.15, 0.2) is 0 Å². The Morgan fingerprint density at radius 1 is 0.828 bits per heavy atom. The number of hydrogen-bond donors (Lipinski definition) is 3. The second-order valence-corrected chi connectivity index (χ2v) is 12.6. The van der Waals surface area contributed by atoms with Gasteiger partial charge in [-0.05, 0) is 25.8 Å². The maximum atomic E-state index is 11.2. The maximum absolute atomic E-state index is 11.2. The molecule has 0 heterocycles. The molecule has 0 aliphatic heterocycles. The van der Waals surface area contributed by atoms with Crippen LogP contribution in [0, 0.1) is 0 Å². The summed E-state index contributed by atoms with van der Waals surface area (Å²) in [6.07, 6.45) is 0.977. The lowest BCUT2D eigenvalue weighted by molar-refractivity contribution is 0.307. The summed E-state index contributed by atoms with van der Waals surface area (Å²) in [7, 11) is -7.96. The molecule has 0 spiro atoms. The zero-order valence-corrected chi connectivity index (χ0v) is 21.1. The van der Waals surface area contributed by atoms with E-state index in [1.807, 2.05) is 44.2 Å². The van der Waals surface area contributed by atoms with Crippen molar-refractivity contribution in [3.63, 3.8) is 0 Å². The molecule has 0 aliphatic carbocycles. The topological polar surface area (TPSA) is 143 Å². The molecule has 1 aromatic carbocycles. The SMILES string of the molecule is CCCNP(C)(=O)OCC.CCOP(C)(N)=O.CP(N)(=O)OCc1ccccc1. The van der Waals surface area contributed by atoms with Crippen LogP contribution in [0.15, 0.2) is 30.3 Å². The van der Waals surface area contributed by atoms with E-state index in [-0.39, 0.29) is 0 Å². The molecule has 9 nitrogen and oxygen atoms in total. The first kappa shape index (κ1) is 30.9. The van der Waals surface area contributed by atoms with Gasteiger partial charge in [-0.1, -0.05) is 37.3 Å². The summed E-state index contributed by atoms with van der Waals surface area (Å²) in [5.74, 6) is 0. The van der Waals surface area contributed by atoms with E-state index in [1.165, 1.54) is 13.3 Å². The van der Waals surface area contributed by atoms with Gasteiger partial charge in [0.05, 0.1) is 19.8 Å². The smallest absolute Gasteiger partial charge is 0.266 e. The van der Waals surface area contributed by atoms with E-state index < -0.39 is 22.6 Å². The molecule has 0 radical (unpaired) electrons. The van der Waals surface area contributed by atoms with Crippen LogP contribution < -0.4 is 16.1 Å². The molecule has 5 N–H and O–H groups in total.